The lowest BCUT2D eigenvalue weighted by molar-refractivity contribution is -0.120. The molecule has 0 saturated heterocycles. The number of nitrogens with zero attached hydrogens (tertiary/aromatic N) is 1. The largest absolute Gasteiger partial charge is 0.502 e. The van der Waals surface area contributed by atoms with Gasteiger partial charge in [0, 0.05) is 6.54 Å². The number of hydrogen-bond donors (Lipinski definition) is 2. The summed E-state index contributed by atoms with van der Waals surface area (Å²) in [6.07, 6.45) is 4.83. The van der Waals surface area contributed by atoms with Crippen molar-refractivity contribution in [3.05, 3.63) is 76.8 Å². The summed E-state index contributed by atoms with van der Waals surface area (Å²) < 4.78 is 29.7. The zero-order valence-corrected chi connectivity index (χ0v) is 18.4. The summed E-state index contributed by atoms with van der Waals surface area (Å²) >= 11 is 0. The van der Waals surface area contributed by atoms with Crippen LogP contribution in [0.5, 0.6) is 17.2 Å². The molecule has 0 saturated carbocycles. The van der Waals surface area contributed by atoms with Crippen LogP contribution in [0.15, 0.2) is 52.8 Å². The lowest BCUT2D eigenvalue weighted by Crippen LogP contribution is -2.27. The number of hydrogen-bond acceptors (Lipinski definition) is 6. The number of aromatic nitrogens is 1. The summed E-state index contributed by atoms with van der Waals surface area (Å²) in [7, 11) is 2.92. The Bertz CT molecular complexity index is 1240. The molecule has 0 atom stereocenters. The van der Waals surface area contributed by atoms with Crippen LogP contribution < -0.4 is 14.8 Å². The van der Waals surface area contributed by atoms with Crippen molar-refractivity contribution < 1.29 is 28.2 Å². The molecule has 1 aliphatic carbocycles. The van der Waals surface area contributed by atoms with E-state index in [9.17, 15) is 14.3 Å². The molecule has 1 heterocycles. The molecule has 170 valence electrons. The number of methoxy groups -OCH3 is 2. The maximum absolute atomic E-state index is 14.1. The minimum absolute atomic E-state index is 0.0190. The van der Waals surface area contributed by atoms with Crippen molar-refractivity contribution in [2.45, 2.75) is 13.3 Å². The summed E-state index contributed by atoms with van der Waals surface area (Å²) in [6, 6.07) is 7.97. The molecule has 7 nitrogen and oxygen atoms in total. The van der Waals surface area contributed by atoms with E-state index in [0.29, 0.717) is 11.5 Å². The van der Waals surface area contributed by atoms with Crippen LogP contribution in [-0.4, -0.2) is 36.8 Å². The molecule has 0 spiro atoms. The highest BCUT2D eigenvalue weighted by atomic mass is 19.1. The summed E-state index contributed by atoms with van der Waals surface area (Å²) in [6.45, 7) is 2.15. The van der Waals surface area contributed by atoms with Crippen molar-refractivity contribution in [2.24, 2.45) is 0 Å². The predicted octanol–water partition coefficient (Wildman–Crippen LogP) is 4.22. The van der Waals surface area contributed by atoms with E-state index in [-0.39, 0.29) is 41.9 Å². The van der Waals surface area contributed by atoms with Gasteiger partial charge in [0.05, 0.1) is 20.4 Å². The van der Waals surface area contributed by atoms with Gasteiger partial charge in [-0.1, -0.05) is 6.07 Å². The molecule has 1 aromatic heterocycles. The Labute approximate surface area is 190 Å². The van der Waals surface area contributed by atoms with Crippen molar-refractivity contribution >= 4 is 23.1 Å². The molecule has 1 amide bonds. The first kappa shape index (κ1) is 22.1. The number of fused-ring (bicyclic) bond motifs is 1. The van der Waals surface area contributed by atoms with Gasteiger partial charge in [-0.15, -0.1) is 0 Å². The summed E-state index contributed by atoms with van der Waals surface area (Å²) in [5.74, 6) is 0.184. The molecule has 0 aliphatic heterocycles. The van der Waals surface area contributed by atoms with Crippen LogP contribution in [0.25, 0.3) is 17.2 Å². The Morgan fingerprint density at radius 2 is 1.91 bits per heavy atom. The SMILES string of the molecule is COc1cc(C=C2C(C)=C(CNC(=O)Cc3ncco3)c3cc(F)ccc32)cc(OC)c1O. The van der Waals surface area contributed by atoms with Gasteiger partial charge in [-0.2, -0.15) is 0 Å². The average Bonchev–Trinajstić information content (AvgIpc) is 3.39. The summed E-state index contributed by atoms with van der Waals surface area (Å²) in [5.41, 5.74) is 4.88. The minimum atomic E-state index is -0.362. The number of rotatable bonds is 7. The maximum atomic E-state index is 14.1. The van der Waals surface area contributed by atoms with Crippen LogP contribution >= 0.6 is 0 Å². The number of phenols is 1. The molecule has 0 unspecified atom stereocenters. The number of carbonyl (C=O) groups is 1. The molecule has 4 rings (SSSR count). The molecular weight excluding hydrogens is 427 g/mol. The fraction of sp³-hybridized carbons (Fsp3) is 0.200. The van der Waals surface area contributed by atoms with Crippen molar-refractivity contribution in [2.75, 3.05) is 20.8 Å². The maximum Gasteiger partial charge on any atom is 0.229 e. The standard InChI is InChI=1S/C25H23FN2O5/c1-14-18(8-15-9-21(31-2)25(30)22(10-15)32-3)17-5-4-16(26)11-19(17)20(14)13-28-23(29)12-24-27-6-7-33-24/h4-11,30H,12-13H2,1-3H3,(H,28,29). The molecule has 0 bridgehead atoms. The van der Waals surface area contributed by atoms with Crippen LogP contribution in [0, 0.1) is 5.82 Å². The number of phenolic OH excluding ortho intramolecular Hbond substituents is 1. The monoisotopic (exact) mass is 450 g/mol. The highest BCUT2D eigenvalue weighted by molar-refractivity contribution is 6.06. The molecule has 2 N–H and O–H groups in total. The van der Waals surface area contributed by atoms with Crippen LogP contribution in [-0.2, 0) is 11.2 Å². The highest BCUT2D eigenvalue weighted by Gasteiger charge is 2.25. The predicted molar refractivity (Wildman–Crippen MR) is 121 cm³/mol. The van der Waals surface area contributed by atoms with E-state index in [1.165, 1.54) is 38.8 Å². The van der Waals surface area contributed by atoms with Crippen molar-refractivity contribution in [1.29, 1.82) is 0 Å². The number of allylic oxidation sites excluding steroid dienone is 2. The smallest absolute Gasteiger partial charge is 0.229 e. The normalized spacial score (nSPS) is 13.9. The Kier molecular flexibility index (Phi) is 6.17. The molecular formula is C25H23FN2O5. The summed E-state index contributed by atoms with van der Waals surface area (Å²) in [4.78, 5) is 16.3. The number of halogens is 1. The Morgan fingerprint density at radius 3 is 2.55 bits per heavy atom. The van der Waals surface area contributed by atoms with Gasteiger partial charge in [0.2, 0.25) is 17.5 Å². The Morgan fingerprint density at radius 1 is 1.18 bits per heavy atom. The molecule has 1 aliphatic rings. The van der Waals surface area contributed by atoms with Crippen molar-refractivity contribution in [1.82, 2.24) is 10.3 Å². The second-order valence-electron chi connectivity index (χ2n) is 7.50. The number of ether oxygens (including phenoxy) is 2. The quantitative estimate of drug-likeness (QED) is 0.560. The van der Waals surface area contributed by atoms with Crippen LogP contribution in [0.3, 0.4) is 0 Å². The first-order valence-electron chi connectivity index (χ1n) is 10.2. The fourth-order valence-corrected chi connectivity index (χ4v) is 3.87. The third-order valence-electron chi connectivity index (χ3n) is 5.52. The summed E-state index contributed by atoms with van der Waals surface area (Å²) in [5, 5.41) is 13.1. The van der Waals surface area contributed by atoms with E-state index in [0.717, 1.165) is 27.8 Å². The zero-order valence-electron chi connectivity index (χ0n) is 18.4. The topological polar surface area (TPSA) is 93.8 Å². The fourth-order valence-electron chi connectivity index (χ4n) is 3.87. The van der Waals surface area contributed by atoms with E-state index < -0.39 is 0 Å². The highest BCUT2D eigenvalue weighted by Crippen LogP contribution is 2.44. The van der Waals surface area contributed by atoms with Gasteiger partial charge in [0.1, 0.15) is 18.5 Å². The third kappa shape index (κ3) is 4.45. The first-order chi connectivity index (χ1) is 15.9. The molecule has 0 fully saturated rings. The number of amides is 1. The molecule has 33 heavy (non-hydrogen) atoms. The average molecular weight is 450 g/mol. The van der Waals surface area contributed by atoms with Crippen LogP contribution in [0.4, 0.5) is 4.39 Å². The molecule has 2 aromatic carbocycles. The van der Waals surface area contributed by atoms with E-state index in [1.807, 2.05) is 13.0 Å². The lowest BCUT2D eigenvalue weighted by Gasteiger charge is -2.11. The van der Waals surface area contributed by atoms with Gasteiger partial charge in [0.15, 0.2) is 11.5 Å². The first-order valence-corrected chi connectivity index (χ1v) is 10.2. The lowest BCUT2D eigenvalue weighted by atomic mass is 10.00. The molecule has 3 aromatic rings. The number of benzene rings is 2. The minimum Gasteiger partial charge on any atom is -0.502 e. The van der Waals surface area contributed by atoms with Gasteiger partial charge in [-0.3, -0.25) is 4.79 Å². The van der Waals surface area contributed by atoms with Crippen LogP contribution in [0.2, 0.25) is 0 Å². The van der Waals surface area contributed by atoms with Crippen LogP contribution in [0.1, 0.15) is 29.5 Å². The number of nitrogens with one attached hydrogen (secondary N) is 1. The van der Waals surface area contributed by atoms with Gasteiger partial charge in [0.25, 0.3) is 0 Å². The van der Waals surface area contributed by atoms with Crippen molar-refractivity contribution in [3.63, 3.8) is 0 Å². The zero-order chi connectivity index (χ0) is 23.5. The van der Waals surface area contributed by atoms with Gasteiger partial charge < -0.3 is 24.3 Å². The molecule has 0 radical (unpaired) electrons. The van der Waals surface area contributed by atoms with E-state index in [2.05, 4.69) is 10.3 Å². The van der Waals surface area contributed by atoms with Crippen molar-refractivity contribution in [3.8, 4) is 17.2 Å². The number of oxazole rings is 1. The Hall–Kier alpha value is -4.07. The third-order valence-corrected chi connectivity index (χ3v) is 5.52. The van der Waals surface area contributed by atoms with E-state index in [1.54, 1.807) is 18.2 Å². The number of aromatic hydroxyl groups is 1. The second kappa shape index (κ2) is 9.20. The Balaban J connectivity index is 1.69. The van der Waals surface area contributed by atoms with Gasteiger partial charge in [-0.05, 0) is 70.7 Å². The molecule has 8 heteroatoms. The number of carbonyl (C=O) groups excluding carboxylic acids is 1. The van der Waals surface area contributed by atoms with E-state index in [4.69, 9.17) is 13.9 Å². The van der Waals surface area contributed by atoms with E-state index >= 15 is 0 Å². The second-order valence-corrected chi connectivity index (χ2v) is 7.50. The van der Waals surface area contributed by atoms with Gasteiger partial charge >= 0.3 is 0 Å². The van der Waals surface area contributed by atoms with Gasteiger partial charge in [-0.25, -0.2) is 9.37 Å².